The van der Waals surface area contributed by atoms with E-state index >= 15 is 0 Å². The first-order valence-corrected chi connectivity index (χ1v) is 14.2. The maximum atomic E-state index is 12.8. The summed E-state index contributed by atoms with van der Waals surface area (Å²) < 4.78 is 28.2. The van der Waals surface area contributed by atoms with Gasteiger partial charge in [-0.25, -0.2) is 8.42 Å². The van der Waals surface area contributed by atoms with Gasteiger partial charge in [-0.2, -0.15) is 11.8 Å². The Hall–Kier alpha value is -3.55. The fourth-order valence-electron chi connectivity index (χ4n) is 3.67. The molecule has 1 amide bonds. The highest BCUT2D eigenvalue weighted by molar-refractivity contribution is 7.97. The Balaban J connectivity index is 1.33. The predicted octanol–water partition coefficient (Wildman–Crippen LogP) is 6.79. The largest absolute Gasteiger partial charge is 0.322 e. The summed E-state index contributed by atoms with van der Waals surface area (Å²) in [5.74, 6) is 1.56. The van der Waals surface area contributed by atoms with Crippen LogP contribution in [0, 0.1) is 13.8 Å². The summed E-state index contributed by atoms with van der Waals surface area (Å²) in [5.41, 5.74) is 5.96. The van der Waals surface area contributed by atoms with Crippen molar-refractivity contribution in [2.75, 3.05) is 10.0 Å². The van der Waals surface area contributed by atoms with Gasteiger partial charge in [0.05, 0.1) is 10.6 Å². The molecule has 0 atom stereocenters. The molecular weight excluding hydrogens is 488 g/mol. The maximum Gasteiger partial charge on any atom is 0.261 e. The van der Waals surface area contributed by atoms with Crippen molar-refractivity contribution in [2.45, 2.75) is 30.2 Å². The molecule has 0 bridgehead atoms. The van der Waals surface area contributed by atoms with Gasteiger partial charge < -0.3 is 5.32 Å². The highest BCUT2D eigenvalue weighted by atomic mass is 32.2. The zero-order valence-electron chi connectivity index (χ0n) is 20.2. The monoisotopic (exact) mass is 516 g/mol. The van der Waals surface area contributed by atoms with E-state index in [2.05, 4.69) is 22.2 Å². The van der Waals surface area contributed by atoms with Gasteiger partial charge in [-0.05, 0) is 73.0 Å². The van der Waals surface area contributed by atoms with Crippen molar-refractivity contribution in [3.8, 4) is 0 Å². The fourth-order valence-corrected chi connectivity index (χ4v) is 5.75. The molecule has 0 saturated heterocycles. The molecule has 2 N–H and O–H groups in total. The molecule has 184 valence electrons. The van der Waals surface area contributed by atoms with Crippen molar-refractivity contribution in [1.29, 1.82) is 0 Å². The van der Waals surface area contributed by atoms with Gasteiger partial charge in [-0.3, -0.25) is 9.52 Å². The van der Waals surface area contributed by atoms with Crippen LogP contribution in [0.25, 0.3) is 0 Å². The molecule has 0 heterocycles. The molecule has 0 fully saturated rings. The molecule has 7 heteroatoms. The summed E-state index contributed by atoms with van der Waals surface area (Å²) in [6, 6.07) is 29.5. The highest BCUT2D eigenvalue weighted by Crippen LogP contribution is 2.22. The molecule has 0 aromatic heterocycles. The lowest BCUT2D eigenvalue weighted by atomic mass is 10.1. The van der Waals surface area contributed by atoms with Crippen molar-refractivity contribution in [2.24, 2.45) is 0 Å². The Morgan fingerprint density at radius 2 is 1.42 bits per heavy atom. The summed E-state index contributed by atoms with van der Waals surface area (Å²) >= 11 is 1.83. The lowest BCUT2D eigenvalue weighted by molar-refractivity contribution is 0.102. The molecule has 0 aliphatic rings. The van der Waals surface area contributed by atoms with Crippen LogP contribution < -0.4 is 10.0 Å². The summed E-state index contributed by atoms with van der Waals surface area (Å²) in [6.07, 6.45) is 0. The molecule has 0 saturated carbocycles. The molecule has 4 aromatic rings. The van der Waals surface area contributed by atoms with Gasteiger partial charge in [0.15, 0.2) is 0 Å². The second kappa shape index (κ2) is 11.5. The number of nitrogens with one attached hydrogen (secondary N) is 2. The number of rotatable bonds is 9. The number of hydrogen-bond donors (Lipinski definition) is 2. The number of carbonyl (C=O) groups excluding carboxylic acids is 1. The first-order chi connectivity index (χ1) is 17.3. The zero-order chi connectivity index (χ0) is 25.5. The third-order valence-corrected chi connectivity index (χ3v) is 8.10. The van der Waals surface area contributed by atoms with E-state index in [1.807, 2.05) is 68.1 Å². The zero-order valence-corrected chi connectivity index (χ0v) is 21.8. The Morgan fingerprint density at radius 1 is 0.778 bits per heavy atom. The second-order valence-electron chi connectivity index (χ2n) is 8.58. The predicted molar refractivity (Wildman–Crippen MR) is 149 cm³/mol. The minimum absolute atomic E-state index is 0.123. The third-order valence-electron chi connectivity index (χ3n) is 5.65. The molecule has 4 rings (SSSR count). The number of carbonyl (C=O) groups is 1. The molecule has 4 aromatic carbocycles. The van der Waals surface area contributed by atoms with Gasteiger partial charge >= 0.3 is 0 Å². The smallest absolute Gasteiger partial charge is 0.261 e. The first kappa shape index (κ1) is 25.5. The Morgan fingerprint density at radius 3 is 2.06 bits per heavy atom. The quantitative estimate of drug-likeness (QED) is 0.257. The standard InChI is InChI=1S/C29H28N2O3S2/c1-21-8-17-28(22(2)18-21)31-36(33,34)27-15-13-26(14-16-27)30-29(32)25-11-9-24(10-12-25)20-35-19-23-6-4-3-5-7-23/h3-18,31H,19-20H2,1-2H3,(H,30,32). The molecular formula is C29H28N2O3S2. The topological polar surface area (TPSA) is 75.3 Å². The van der Waals surface area contributed by atoms with Crippen molar-refractivity contribution in [3.63, 3.8) is 0 Å². The van der Waals surface area contributed by atoms with Crippen LogP contribution in [-0.2, 0) is 21.5 Å². The van der Waals surface area contributed by atoms with E-state index in [0.29, 0.717) is 16.9 Å². The van der Waals surface area contributed by atoms with Crippen LogP contribution in [0.3, 0.4) is 0 Å². The van der Waals surface area contributed by atoms with Crippen molar-refractivity contribution >= 4 is 39.1 Å². The molecule has 0 radical (unpaired) electrons. The van der Waals surface area contributed by atoms with E-state index < -0.39 is 10.0 Å². The molecule has 5 nitrogen and oxygen atoms in total. The van der Waals surface area contributed by atoms with E-state index in [0.717, 1.165) is 28.2 Å². The Kier molecular flexibility index (Phi) is 8.13. The Labute approximate surface area is 217 Å². The number of hydrogen-bond acceptors (Lipinski definition) is 4. The molecule has 36 heavy (non-hydrogen) atoms. The number of sulfonamides is 1. The third kappa shape index (κ3) is 6.77. The maximum absolute atomic E-state index is 12.8. The average Bonchev–Trinajstić information content (AvgIpc) is 2.87. The minimum Gasteiger partial charge on any atom is -0.322 e. The SMILES string of the molecule is Cc1ccc(NS(=O)(=O)c2ccc(NC(=O)c3ccc(CSCc4ccccc4)cc3)cc2)c(C)c1. The summed E-state index contributed by atoms with van der Waals surface area (Å²) in [6.45, 7) is 3.82. The van der Waals surface area contributed by atoms with Crippen LogP contribution in [0.2, 0.25) is 0 Å². The van der Waals surface area contributed by atoms with E-state index in [1.54, 1.807) is 30.3 Å². The van der Waals surface area contributed by atoms with Crippen LogP contribution in [0.1, 0.15) is 32.6 Å². The van der Waals surface area contributed by atoms with Crippen LogP contribution in [0.15, 0.2) is 102 Å². The van der Waals surface area contributed by atoms with E-state index in [9.17, 15) is 13.2 Å². The van der Waals surface area contributed by atoms with Crippen molar-refractivity contribution < 1.29 is 13.2 Å². The molecule has 0 aliphatic carbocycles. The summed E-state index contributed by atoms with van der Waals surface area (Å²) in [5, 5.41) is 2.83. The highest BCUT2D eigenvalue weighted by Gasteiger charge is 2.16. The number of anilines is 2. The lowest BCUT2D eigenvalue weighted by Crippen LogP contribution is -2.14. The number of benzene rings is 4. The van der Waals surface area contributed by atoms with Gasteiger partial charge in [0, 0.05) is 22.8 Å². The van der Waals surface area contributed by atoms with E-state index in [1.165, 1.54) is 17.7 Å². The van der Waals surface area contributed by atoms with Gasteiger partial charge in [0.25, 0.3) is 15.9 Å². The number of thioether (sulfide) groups is 1. The average molecular weight is 517 g/mol. The minimum atomic E-state index is -3.74. The summed E-state index contributed by atoms with van der Waals surface area (Å²) in [7, 11) is -3.74. The molecule has 0 unspecified atom stereocenters. The second-order valence-corrected chi connectivity index (χ2v) is 11.2. The van der Waals surface area contributed by atoms with E-state index in [4.69, 9.17) is 0 Å². The Bertz CT molecular complexity index is 1430. The van der Waals surface area contributed by atoms with Gasteiger partial charge in [0.1, 0.15) is 0 Å². The fraction of sp³-hybridized carbons (Fsp3) is 0.138. The van der Waals surface area contributed by atoms with Crippen molar-refractivity contribution in [1.82, 2.24) is 0 Å². The van der Waals surface area contributed by atoms with Crippen LogP contribution in [0.4, 0.5) is 11.4 Å². The molecule has 0 aliphatic heterocycles. The van der Waals surface area contributed by atoms with Crippen LogP contribution >= 0.6 is 11.8 Å². The van der Waals surface area contributed by atoms with Crippen molar-refractivity contribution in [3.05, 3.63) is 125 Å². The van der Waals surface area contributed by atoms with Gasteiger partial charge in [0.2, 0.25) is 0 Å². The van der Waals surface area contributed by atoms with Crippen LogP contribution in [-0.4, -0.2) is 14.3 Å². The lowest BCUT2D eigenvalue weighted by Gasteiger charge is -2.12. The number of amides is 1. The van der Waals surface area contributed by atoms with Crippen LogP contribution in [0.5, 0.6) is 0 Å². The first-order valence-electron chi connectivity index (χ1n) is 11.5. The van der Waals surface area contributed by atoms with E-state index in [-0.39, 0.29) is 10.8 Å². The van der Waals surface area contributed by atoms with Gasteiger partial charge in [-0.15, -0.1) is 0 Å². The van der Waals surface area contributed by atoms with Gasteiger partial charge in [-0.1, -0.05) is 60.2 Å². The normalized spacial score (nSPS) is 11.2. The number of aryl methyl sites for hydroxylation is 2. The molecule has 0 spiro atoms. The summed E-state index contributed by atoms with van der Waals surface area (Å²) in [4.78, 5) is 12.8.